The first kappa shape index (κ1) is 12.1. The molecule has 90 valence electrons. The first-order chi connectivity index (χ1) is 7.84. The van der Waals surface area contributed by atoms with Gasteiger partial charge in [0.1, 0.15) is 0 Å². The van der Waals surface area contributed by atoms with E-state index < -0.39 is 0 Å². The van der Waals surface area contributed by atoms with E-state index in [1.54, 1.807) is 11.3 Å². The summed E-state index contributed by atoms with van der Waals surface area (Å²) in [5.41, 5.74) is 0. The lowest BCUT2D eigenvalue weighted by Crippen LogP contribution is -2.24. The van der Waals surface area contributed by atoms with Gasteiger partial charge < -0.3 is 9.84 Å². The molecule has 3 heteroatoms. The number of hydrogen-bond donors (Lipinski definition) is 1. The zero-order chi connectivity index (χ0) is 11.2. The lowest BCUT2D eigenvalue weighted by atomic mass is 10.0. The van der Waals surface area contributed by atoms with Crippen molar-refractivity contribution in [3.63, 3.8) is 0 Å². The van der Waals surface area contributed by atoms with E-state index in [2.05, 4.69) is 17.5 Å². The fraction of sp³-hybridized carbons (Fsp3) is 0.692. The average Bonchev–Trinajstić information content (AvgIpc) is 2.81. The average molecular weight is 240 g/mol. The van der Waals surface area contributed by atoms with Crippen LogP contribution in [0, 0.1) is 0 Å². The second-order valence-electron chi connectivity index (χ2n) is 4.50. The Morgan fingerprint density at radius 2 is 2.44 bits per heavy atom. The van der Waals surface area contributed by atoms with Gasteiger partial charge in [0.05, 0.1) is 12.2 Å². The molecule has 1 fully saturated rings. The second kappa shape index (κ2) is 6.38. The summed E-state index contributed by atoms with van der Waals surface area (Å²) in [6, 6.07) is 4.20. The number of aliphatic hydroxyl groups excluding tert-OH is 1. The van der Waals surface area contributed by atoms with Crippen LogP contribution in [-0.2, 0) is 11.2 Å². The minimum atomic E-state index is -0.204. The standard InChI is InChI=1S/C13H20O2S/c14-11(6-7-13-5-3-9-16-13)10-12-4-1-2-8-15-12/h3,5,9,11-12,14H,1-2,4,6-8,10H2. The predicted molar refractivity (Wildman–Crippen MR) is 66.9 cm³/mol. The minimum absolute atomic E-state index is 0.204. The fourth-order valence-corrected chi connectivity index (χ4v) is 2.90. The van der Waals surface area contributed by atoms with E-state index in [9.17, 15) is 5.11 Å². The van der Waals surface area contributed by atoms with E-state index in [0.29, 0.717) is 6.10 Å². The number of ether oxygens (including phenoxy) is 1. The van der Waals surface area contributed by atoms with Gasteiger partial charge in [-0.05, 0) is 50.0 Å². The molecule has 2 heterocycles. The third kappa shape index (κ3) is 3.89. The molecule has 2 rings (SSSR count). The van der Waals surface area contributed by atoms with Crippen molar-refractivity contribution in [3.8, 4) is 0 Å². The van der Waals surface area contributed by atoms with Gasteiger partial charge in [-0.15, -0.1) is 11.3 Å². The summed E-state index contributed by atoms with van der Waals surface area (Å²) in [5, 5.41) is 12.0. The van der Waals surface area contributed by atoms with E-state index in [0.717, 1.165) is 32.3 Å². The topological polar surface area (TPSA) is 29.5 Å². The molecule has 2 unspecified atom stereocenters. The normalized spacial score (nSPS) is 23.2. The molecular formula is C13H20O2S. The van der Waals surface area contributed by atoms with Crippen LogP contribution in [0.5, 0.6) is 0 Å². The van der Waals surface area contributed by atoms with Crippen molar-refractivity contribution in [2.45, 2.75) is 50.7 Å². The summed E-state index contributed by atoms with van der Waals surface area (Å²) in [5.74, 6) is 0. The Labute approximate surface area is 101 Å². The zero-order valence-electron chi connectivity index (χ0n) is 9.60. The molecule has 1 aromatic rings. The highest BCUT2D eigenvalue weighted by atomic mass is 32.1. The van der Waals surface area contributed by atoms with Gasteiger partial charge in [0.25, 0.3) is 0 Å². The molecule has 1 saturated heterocycles. The summed E-state index contributed by atoms with van der Waals surface area (Å²) >= 11 is 1.77. The number of aryl methyl sites for hydroxylation is 1. The number of rotatable bonds is 5. The van der Waals surface area contributed by atoms with Gasteiger partial charge in [-0.3, -0.25) is 0 Å². The molecule has 0 amide bonds. The Kier molecular flexibility index (Phi) is 4.82. The van der Waals surface area contributed by atoms with Crippen molar-refractivity contribution in [2.75, 3.05) is 6.61 Å². The molecule has 1 aliphatic rings. The van der Waals surface area contributed by atoms with Crippen LogP contribution in [0.25, 0.3) is 0 Å². The maximum atomic E-state index is 9.92. The Morgan fingerprint density at radius 1 is 1.50 bits per heavy atom. The van der Waals surface area contributed by atoms with Crippen molar-refractivity contribution in [2.24, 2.45) is 0 Å². The predicted octanol–water partition coefficient (Wildman–Crippen LogP) is 3.00. The zero-order valence-corrected chi connectivity index (χ0v) is 10.4. The van der Waals surface area contributed by atoms with Crippen LogP contribution in [0.15, 0.2) is 17.5 Å². The highest BCUT2D eigenvalue weighted by molar-refractivity contribution is 7.09. The van der Waals surface area contributed by atoms with E-state index in [1.165, 1.54) is 17.7 Å². The van der Waals surface area contributed by atoms with Crippen molar-refractivity contribution in [1.29, 1.82) is 0 Å². The van der Waals surface area contributed by atoms with Gasteiger partial charge in [-0.2, -0.15) is 0 Å². The molecular weight excluding hydrogens is 220 g/mol. The molecule has 0 bridgehead atoms. The smallest absolute Gasteiger partial charge is 0.0599 e. The van der Waals surface area contributed by atoms with E-state index >= 15 is 0 Å². The number of aliphatic hydroxyl groups is 1. The van der Waals surface area contributed by atoms with Crippen LogP contribution in [-0.4, -0.2) is 23.9 Å². The summed E-state index contributed by atoms with van der Waals surface area (Å²) in [7, 11) is 0. The number of thiophene rings is 1. The molecule has 1 aliphatic heterocycles. The maximum Gasteiger partial charge on any atom is 0.0599 e. The van der Waals surface area contributed by atoms with Gasteiger partial charge in [0.2, 0.25) is 0 Å². The monoisotopic (exact) mass is 240 g/mol. The molecule has 0 radical (unpaired) electrons. The van der Waals surface area contributed by atoms with Crippen LogP contribution in [0.2, 0.25) is 0 Å². The number of hydrogen-bond acceptors (Lipinski definition) is 3. The summed E-state index contributed by atoms with van der Waals surface area (Å²) in [6.07, 6.45) is 6.31. The molecule has 1 aromatic heterocycles. The Bertz CT molecular complexity index is 278. The Morgan fingerprint density at radius 3 is 3.12 bits per heavy atom. The van der Waals surface area contributed by atoms with E-state index in [-0.39, 0.29) is 6.10 Å². The Balaban J connectivity index is 1.65. The van der Waals surface area contributed by atoms with Crippen LogP contribution in [0.3, 0.4) is 0 Å². The van der Waals surface area contributed by atoms with Crippen LogP contribution < -0.4 is 0 Å². The van der Waals surface area contributed by atoms with Crippen molar-refractivity contribution in [3.05, 3.63) is 22.4 Å². The fourth-order valence-electron chi connectivity index (χ4n) is 2.18. The highest BCUT2D eigenvalue weighted by Crippen LogP contribution is 2.19. The molecule has 0 aliphatic carbocycles. The molecule has 2 nitrogen and oxygen atoms in total. The molecule has 0 saturated carbocycles. The first-order valence-corrected chi connectivity index (χ1v) is 7.04. The minimum Gasteiger partial charge on any atom is -0.393 e. The van der Waals surface area contributed by atoms with Crippen LogP contribution in [0.1, 0.15) is 37.0 Å². The third-order valence-electron chi connectivity index (χ3n) is 3.11. The molecule has 16 heavy (non-hydrogen) atoms. The quantitative estimate of drug-likeness (QED) is 0.857. The summed E-state index contributed by atoms with van der Waals surface area (Å²) in [4.78, 5) is 1.36. The highest BCUT2D eigenvalue weighted by Gasteiger charge is 2.17. The van der Waals surface area contributed by atoms with Crippen molar-refractivity contribution in [1.82, 2.24) is 0 Å². The van der Waals surface area contributed by atoms with Gasteiger partial charge in [-0.1, -0.05) is 6.07 Å². The molecule has 0 aromatic carbocycles. The Hall–Kier alpha value is -0.380. The van der Waals surface area contributed by atoms with E-state index in [1.807, 2.05) is 0 Å². The first-order valence-electron chi connectivity index (χ1n) is 6.16. The largest absolute Gasteiger partial charge is 0.393 e. The second-order valence-corrected chi connectivity index (χ2v) is 5.53. The third-order valence-corrected chi connectivity index (χ3v) is 4.05. The SMILES string of the molecule is OC(CCc1cccs1)CC1CCCCO1. The van der Waals surface area contributed by atoms with Gasteiger partial charge in [0, 0.05) is 11.5 Å². The van der Waals surface area contributed by atoms with Crippen LogP contribution >= 0.6 is 11.3 Å². The van der Waals surface area contributed by atoms with Crippen LogP contribution in [0.4, 0.5) is 0 Å². The van der Waals surface area contributed by atoms with Gasteiger partial charge in [0.15, 0.2) is 0 Å². The lowest BCUT2D eigenvalue weighted by molar-refractivity contribution is -0.0162. The van der Waals surface area contributed by atoms with Crippen molar-refractivity contribution < 1.29 is 9.84 Å². The molecule has 1 N–H and O–H groups in total. The maximum absolute atomic E-state index is 9.92. The van der Waals surface area contributed by atoms with Gasteiger partial charge >= 0.3 is 0 Å². The van der Waals surface area contributed by atoms with Gasteiger partial charge in [-0.25, -0.2) is 0 Å². The summed E-state index contributed by atoms with van der Waals surface area (Å²) < 4.78 is 5.63. The lowest BCUT2D eigenvalue weighted by Gasteiger charge is -2.24. The van der Waals surface area contributed by atoms with E-state index in [4.69, 9.17) is 4.74 Å². The molecule has 2 atom stereocenters. The molecule has 0 spiro atoms. The van der Waals surface area contributed by atoms with Crippen molar-refractivity contribution >= 4 is 11.3 Å². The summed E-state index contributed by atoms with van der Waals surface area (Å²) in [6.45, 7) is 0.877.